The number of ketones is 1. The fourth-order valence-corrected chi connectivity index (χ4v) is 5.06. The molecule has 0 unspecified atom stereocenters. The van der Waals surface area contributed by atoms with Crippen LogP contribution in [0.15, 0.2) is 138 Å². The summed E-state index contributed by atoms with van der Waals surface area (Å²) in [6.07, 6.45) is 5.55. The molecule has 1 aromatic heterocycles. The lowest BCUT2D eigenvalue weighted by Crippen LogP contribution is -2.32. The van der Waals surface area contributed by atoms with Gasteiger partial charge in [-0.3, -0.25) is 9.59 Å². The van der Waals surface area contributed by atoms with Crippen molar-refractivity contribution in [2.45, 2.75) is 25.4 Å². The number of para-hydroxylation sites is 1. The van der Waals surface area contributed by atoms with E-state index in [0.29, 0.717) is 54.4 Å². The molecule has 1 heterocycles. The Morgan fingerprint density at radius 3 is 2.21 bits per heavy atom. The van der Waals surface area contributed by atoms with E-state index in [9.17, 15) is 19.5 Å². The predicted octanol–water partition coefficient (Wildman–Crippen LogP) is 7.13. The highest BCUT2D eigenvalue weighted by Gasteiger charge is 2.21. The van der Waals surface area contributed by atoms with Gasteiger partial charge in [-0.15, -0.1) is 0 Å². The smallest absolute Gasteiger partial charge is 0.326 e. The van der Waals surface area contributed by atoms with Gasteiger partial charge in [-0.25, -0.2) is 4.79 Å². The first-order chi connectivity index (χ1) is 23.0. The first-order valence-electron chi connectivity index (χ1n) is 15.4. The number of hydrogen-bond donors (Lipinski definition) is 2. The van der Waals surface area contributed by atoms with Crippen molar-refractivity contribution in [1.82, 2.24) is 4.90 Å². The van der Waals surface area contributed by atoms with Crippen LogP contribution in [-0.4, -0.2) is 46.9 Å². The maximum Gasteiger partial charge on any atom is 0.326 e. The maximum absolute atomic E-state index is 13.1. The zero-order chi connectivity index (χ0) is 32.8. The molecule has 1 amide bonds. The van der Waals surface area contributed by atoms with E-state index >= 15 is 0 Å². The standard InChI is InChI=1S/C39H36N2O6/c42-37(23-22-32-15-9-25-46-32)41(28-30-11-3-1-4-12-30)24-10-26-47-33-20-18-29(19-21-33)27-36(39(44)45)40-35-17-8-7-16-34(35)38(43)31-13-5-2-6-14-31/h1-9,11-23,25,36,40H,10,24,26-28H2,(H,44,45)/b23-22+/t36-/m0/s1. The number of hydrogen-bond acceptors (Lipinski definition) is 6. The molecule has 0 aliphatic rings. The molecular weight excluding hydrogens is 592 g/mol. The number of ether oxygens (including phenoxy) is 1. The van der Waals surface area contributed by atoms with Crippen molar-refractivity contribution >= 4 is 29.4 Å². The van der Waals surface area contributed by atoms with Gasteiger partial charge >= 0.3 is 5.97 Å². The Bertz CT molecular complexity index is 1770. The lowest BCUT2D eigenvalue weighted by molar-refractivity contribution is -0.137. The van der Waals surface area contributed by atoms with Gasteiger partial charge in [0.15, 0.2) is 5.78 Å². The van der Waals surface area contributed by atoms with E-state index < -0.39 is 12.0 Å². The number of carboxylic acids is 1. The summed E-state index contributed by atoms with van der Waals surface area (Å²) in [7, 11) is 0. The van der Waals surface area contributed by atoms with Crippen LogP contribution in [0, 0.1) is 0 Å². The number of anilines is 1. The summed E-state index contributed by atoms with van der Waals surface area (Å²) < 4.78 is 11.3. The molecule has 0 saturated carbocycles. The number of benzene rings is 4. The number of furan rings is 1. The fourth-order valence-electron chi connectivity index (χ4n) is 5.06. The van der Waals surface area contributed by atoms with Crippen LogP contribution in [0.3, 0.4) is 0 Å². The molecule has 0 saturated heterocycles. The summed E-state index contributed by atoms with van der Waals surface area (Å²) in [6.45, 7) is 1.36. The molecule has 0 bridgehead atoms. The minimum absolute atomic E-state index is 0.122. The van der Waals surface area contributed by atoms with Crippen LogP contribution in [0.5, 0.6) is 5.75 Å². The Balaban J connectivity index is 1.15. The van der Waals surface area contributed by atoms with Gasteiger partial charge in [0.25, 0.3) is 0 Å². The van der Waals surface area contributed by atoms with E-state index in [1.54, 1.807) is 90.0 Å². The molecule has 0 aliphatic heterocycles. The quantitative estimate of drug-likeness (QED) is 0.0680. The summed E-state index contributed by atoms with van der Waals surface area (Å²) in [4.78, 5) is 40.1. The van der Waals surface area contributed by atoms with Crippen LogP contribution < -0.4 is 10.1 Å². The normalized spacial score (nSPS) is 11.6. The number of nitrogens with zero attached hydrogens (tertiary/aromatic N) is 1. The molecule has 0 fully saturated rings. The SMILES string of the molecule is O=C(c1ccccc1)c1ccccc1N[C@@H](Cc1ccc(OCCCN(Cc2ccccc2)C(=O)/C=C/c2ccco2)cc1)C(=O)O. The maximum atomic E-state index is 13.1. The van der Waals surface area contributed by atoms with Crippen LogP contribution >= 0.6 is 0 Å². The Labute approximate surface area is 273 Å². The first-order valence-corrected chi connectivity index (χ1v) is 15.4. The van der Waals surface area contributed by atoms with Crippen molar-refractivity contribution in [2.75, 3.05) is 18.5 Å². The van der Waals surface area contributed by atoms with Gasteiger partial charge in [-0.05, 0) is 60.0 Å². The molecule has 5 rings (SSSR count). The molecule has 238 valence electrons. The van der Waals surface area contributed by atoms with E-state index in [4.69, 9.17) is 9.15 Å². The summed E-state index contributed by atoms with van der Waals surface area (Å²) >= 11 is 0. The molecular formula is C39H36N2O6. The van der Waals surface area contributed by atoms with E-state index in [-0.39, 0.29) is 18.1 Å². The molecule has 1 atom stereocenters. The van der Waals surface area contributed by atoms with Gasteiger partial charge in [-0.2, -0.15) is 0 Å². The highest BCUT2D eigenvalue weighted by Crippen LogP contribution is 2.22. The third-order valence-corrected chi connectivity index (χ3v) is 7.50. The minimum atomic E-state index is -1.03. The number of amides is 1. The predicted molar refractivity (Wildman–Crippen MR) is 181 cm³/mol. The van der Waals surface area contributed by atoms with Crippen LogP contribution in [0.4, 0.5) is 5.69 Å². The third-order valence-electron chi connectivity index (χ3n) is 7.50. The van der Waals surface area contributed by atoms with Gasteiger partial charge in [0.05, 0.1) is 12.9 Å². The van der Waals surface area contributed by atoms with Crippen LogP contribution in [0.2, 0.25) is 0 Å². The zero-order valence-electron chi connectivity index (χ0n) is 25.8. The van der Waals surface area contributed by atoms with Crippen LogP contribution in [0.1, 0.15) is 39.2 Å². The summed E-state index contributed by atoms with van der Waals surface area (Å²) in [5, 5.41) is 13.1. The first kappa shape index (κ1) is 32.5. The average Bonchev–Trinajstić information content (AvgIpc) is 3.63. The fraction of sp³-hybridized carbons (Fsp3) is 0.154. The second-order valence-electron chi connectivity index (χ2n) is 10.9. The highest BCUT2D eigenvalue weighted by molar-refractivity contribution is 6.12. The van der Waals surface area contributed by atoms with E-state index in [1.165, 1.54) is 6.08 Å². The summed E-state index contributed by atoms with van der Waals surface area (Å²) in [6, 6.07) is 35.5. The van der Waals surface area contributed by atoms with E-state index in [1.807, 2.05) is 48.5 Å². The van der Waals surface area contributed by atoms with Crippen LogP contribution in [0.25, 0.3) is 6.08 Å². The number of carbonyl (C=O) groups is 3. The second-order valence-corrected chi connectivity index (χ2v) is 10.9. The molecule has 5 aromatic rings. The van der Waals surface area contributed by atoms with Gasteiger partial charge in [0.1, 0.15) is 17.6 Å². The van der Waals surface area contributed by atoms with Gasteiger partial charge in [0, 0.05) is 42.4 Å². The number of aliphatic carboxylic acids is 1. The van der Waals surface area contributed by atoms with Gasteiger partial charge in [-0.1, -0.05) is 84.9 Å². The Morgan fingerprint density at radius 2 is 1.51 bits per heavy atom. The van der Waals surface area contributed by atoms with Crippen molar-refractivity contribution < 1.29 is 28.6 Å². The molecule has 0 spiro atoms. The molecule has 4 aromatic carbocycles. The number of carboxylic acid groups (broad SMARTS) is 1. The molecule has 2 N–H and O–H groups in total. The molecule has 0 radical (unpaired) electrons. The van der Waals surface area contributed by atoms with Crippen molar-refractivity contribution in [3.63, 3.8) is 0 Å². The summed E-state index contributed by atoms with van der Waals surface area (Å²) in [5.74, 6) is -0.0781. The zero-order valence-corrected chi connectivity index (χ0v) is 25.8. The Hall–Kier alpha value is -5.89. The van der Waals surface area contributed by atoms with Crippen molar-refractivity contribution in [3.8, 4) is 5.75 Å². The van der Waals surface area contributed by atoms with E-state index in [0.717, 1.165) is 11.1 Å². The average molecular weight is 629 g/mol. The second kappa shape index (κ2) is 16.4. The minimum Gasteiger partial charge on any atom is -0.494 e. The monoisotopic (exact) mass is 628 g/mol. The molecule has 47 heavy (non-hydrogen) atoms. The number of nitrogens with one attached hydrogen (secondary N) is 1. The molecule has 8 heteroatoms. The number of carbonyl (C=O) groups excluding carboxylic acids is 2. The lowest BCUT2D eigenvalue weighted by atomic mass is 10.00. The Morgan fingerprint density at radius 1 is 0.809 bits per heavy atom. The van der Waals surface area contributed by atoms with Crippen molar-refractivity contribution in [3.05, 3.63) is 162 Å². The van der Waals surface area contributed by atoms with Gasteiger partial charge in [0.2, 0.25) is 5.91 Å². The largest absolute Gasteiger partial charge is 0.494 e. The topological polar surface area (TPSA) is 109 Å². The van der Waals surface area contributed by atoms with Crippen molar-refractivity contribution in [2.24, 2.45) is 0 Å². The molecule has 8 nitrogen and oxygen atoms in total. The summed E-state index contributed by atoms with van der Waals surface area (Å²) in [5.41, 5.74) is 3.23. The Kier molecular flexibility index (Phi) is 11.4. The highest BCUT2D eigenvalue weighted by atomic mass is 16.5. The third kappa shape index (κ3) is 9.55. The van der Waals surface area contributed by atoms with Gasteiger partial charge < -0.3 is 24.5 Å². The number of rotatable bonds is 16. The van der Waals surface area contributed by atoms with Crippen LogP contribution in [-0.2, 0) is 22.6 Å². The molecule has 0 aliphatic carbocycles. The lowest BCUT2D eigenvalue weighted by Gasteiger charge is -2.21. The van der Waals surface area contributed by atoms with E-state index in [2.05, 4.69) is 5.32 Å². The van der Waals surface area contributed by atoms with Crippen molar-refractivity contribution in [1.29, 1.82) is 0 Å².